The van der Waals surface area contributed by atoms with Gasteiger partial charge in [0.15, 0.2) is 11.5 Å². The molecule has 0 unspecified atom stereocenters. The van der Waals surface area contributed by atoms with Gasteiger partial charge in [0, 0.05) is 6.20 Å². The van der Waals surface area contributed by atoms with Gasteiger partial charge in [-0.25, -0.2) is 4.98 Å². The highest BCUT2D eigenvalue weighted by Crippen LogP contribution is 2.15. The molecule has 2 heterocycles. The number of ether oxygens (including phenoxy) is 1. The normalized spacial score (nSPS) is 10.8. The van der Waals surface area contributed by atoms with Crippen LogP contribution in [0.15, 0.2) is 53.5 Å². The van der Waals surface area contributed by atoms with Crippen LogP contribution in [0.4, 0.5) is 0 Å². The molecule has 0 aliphatic carbocycles. The quantitative estimate of drug-likeness (QED) is 0.723. The number of fused-ring (bicyclic) bond motifs is 1. The van der Waals surface area contributed by atoms with Crippen LogP contribution in [0.3, 0.4) is 0 Å². The Bertz CT molecular complexity index is 949. The monoisotopic (exact) mass is 323 g/mol. The van der Waals surface area contributed by atoms with Crippen LogP contribution in [0, 0.1) is 6.92 Å². The summed E-state index contributed by atoms with van der Waals surface area (Å²) in [5, 5.41) is 0. The number of carbonyl (C=O) groups is 1. The zero-order valence-electron chi connectivity index (χ0n) is 13.2. The van der Waals surface area contributed by atoms with Gasteiger partial charge in [0.05, 0.1) is 6.54 Å². The fourth-order valence-electron chi connectivity index (χ4n) is 2.37. The molecule has 0 bridgehead atoms. The van der Waals surface area contributed by atoms with E-state index in [1.165, 1.54) is 4.40 Å². The maximum Gasteiger partial charge on any atom is 0.301 e. The number of carbonyl (C=O) groups excluding carboxylic acids is 1. The van der Waals surface area contributed by atoms with Gasteiger partial charge in [-0.2, -0.15) is 0 Å². The largest absolute Gasteiger partial charge is 0.481 e. The smallest absolute Gasteiger partial charge is 0.301 e. The highest BCUT2D eigenvalue weighted by molar-refractivity contribution is 5.98. The first-order chi connectivity index (χ1) is 11.6. The lowest BCUT2D eigenvalue weighted by Crippen LogP contribution is -2.25. The lowest BCUT2D eigenvalue weighted by molar-refractivity contribution is 0.0991. The second-order valence-electron chi connectivity index (χ2n) is 5.43. The average Bonchev–Trinajstić information content (AvgIpc) is 2.61. The number of ketones is 1. The molecule has 6 heteroatoms. The summed E-state index contributed by atoms with van der Waals surface area (Å²) in [4.78, 5) is 29.1. The molecule has 1 aromatic carbocycles. The second-order valence-corrected chi connectivity index (χ2v) is 5.43. The van der Waals surface area contributed by atoms with E-state index < -0.39 is 11.3 Å². The molecule has 24 heavy (non-hydrogen) atoms. The van der Waals surface area contributed by atoms with E-state index in [0.717, 1.165) is 11.1 Å². The number of benzene rings is 1. The summed E-state index contributed by atoms with van der Waals surface area (Å²) in [6.45, 7) is 1.80. The van der Waals surface area contributed by atoms with Crippen molar-refractivity contribution in [2.24, 2.45) is 5.73 Å². The van der Waals surface area contributed by atoms with Crippen molar-refractivity contribution in [3.63, 3.8) is 0 Å². The molecular formula is C18H17N3O3. The molecule has 6 nitrogen and oxygen atoms in total. The molecule has 0 saturated heterocycles. The minimum Gasteiger partial charge on any atom is -0.481 e. The zero-order chi connectivity index (χ0) is 17.1. The summed E-state index contributed by atoms with van der Waals surface area (Å²) in [5.41, 5.74) is 7.17. The molecule has 0 atom stereocenters. The van der Waals surface area contributed by atoms with Gasteiger partial charge in [0.2, 0.25) is 5.75 Å². The number of nitrogens with zero attached hydrogens (tertiary/aromatic N) is 2. The summed E-state index contributed by atoms with van der Waals surface area (Å²) < 4.78 is 7.03. The number of pyridine rings is 1. The Balaban J connectivity index is 2.10. The number of rotatable bonds is 5. The van der Waals surface area contributed by atoms with Gasteiger partial charge >= 0.3 is 5.56 Å². The molecule has 0 amide bonds. The van der Waals surface area contributed by atoms with Crippen molar-refractivity contribution in [1.82, 2.24) is 9.38 Å². The van der Waals surface area contributed by atoms with E-state index in [-0.39, 0.29) is 24.6 Å². The number of hydrogen-bond donors (Lipinski definition) is 1. The van der Waals surface area contributed by atoms with Gasteiger partial charge in [-0.1, -0.05) is 36.4 Å². The van der Waals surface area contributed by atoms with Gasteiger partial charge < -0.3 is 10.5 Å². The Morgan fingerprint density at radius 1 is 1.21 bits per heavy atom. The van der Waals surface area contributed by atoms with Crippen LogP contribution < -0.4 is 16.0 Å². The molecule has 0 fully saturated rings. The molecule has 2 aromatic heterocycles. The summed E-state index contributed by atoms with van der Waals surface area (Å²) in [6, 6.07) is 12.9. The van der Waals surface area contributed by atoms with Crippen LogP contribution in [0.2, 0.25) is 0 Å². The first-order valence-electron chi connectivity index (χ1n) is 7.53. The number of aryl methyl sites for hydroxylation is 1. The molecule has 0 aliphatic heterocycles. The van der Waals surface area contributed by atoms with E-state index in [1.54, 1.807) is 12.3 Å². The molecule has 0 saturated carbocycles. The average molecular weight is 323 g/mol. The van der Waals surface area contributed by atoms with Crippen molar-refractivity contribution in [2.75, 3.05) is 6.54 Å². The van der Waals surface area contributed by atoms with Crippen molar-refractivity contribution in [3.8, 4) is 5.75 Å². The third-order valence-corrected chi connectivity index (χ3v) is 3.60. The van der Waals surface area contributed by atoms with Crippen LogP contribution in [0.5, 0.6) is 5.75 Å². The molecule has 3 rings (SSSR count). The highest BCUT2D eigenvalue weighted by atomic mass is 16.5. The van der Waals surface area contributed by atoms with E-state index in [0.29, 0.717) is 5.65 Å². The SMILES string of the molecule is Cc1ccc2nc(C(=O)CN)c(OCc3ccccc3)c(=O)n2c1. The predicted molar refractivity (Wildman–Crippen MR) is 90.4 cm³/mol. The summed E-state index contributed by atoms with van der Waals surface area (Å²) >= 11 is 0. The number of Topliss-reactive ketones (excluding diaryl/α,β-unsaturated/α-hetero) is 1. The lowest BCUT2D eigenvalue weighted by Gasteiger charge is -2.11. The van der Waals surface area contributed by atoms with E-state index in [1.807, 2.05) is 43.3 Å². The van der Waals surface area contributed by atoms with Gasteiger partial charge in [0.1, 0.15) is 12.3 Å². The van der Waals surface area contributed by atoms with E-state index in [4.69, 9.17) is 10.5 Å². The number of nitrogens with two attached hydrogens (primary N) is 1. The van der Waals surface area contributed by atoms with Crippen molar-refractivity contribution < 1.29 is 9.53 Å². The molecule has 0 aliphatic rings. The third kappa shape index (κ3) is 3.04. The second kappa shape index (κ2) is 6.64. The molecular weight excluding hydrogens is 306 g/mol. The van der Waals surface area contributed by atoms with Crippen LogP contribution in [0.25, 0.3) is 5.65 Å². The van der Waals surface area contributed by atoms with Crippen LogP contribution >= 0.6 is 0 Å². The first-order valence-corrected chi connectivity index (χ1v) is 7.53. The zero-order valence-corrected chi connectivity index (χ0v) is 13.2. The number of aromatic nitrogens is 2. The van der Waals surface area contributed by atoms with Crippen molar-refractivity contribution in [1.29, 1.82) is 0 Å². The van der Waals surface area contributed by atoms with Gasteiger partial charge in [0.25, 0.3) is 0 Å². The molecule has 3 aromatic rings. The Hall–Kier alpha value is -2.99. The summed E-state index contributed by atoms with van der Waals surface area (Å²) in [7, 11) is 0. The summed E-state index contributed by atoms with van der Waals surface area (Å²) in [5.74, 6) is -0.504. The fourth-order valence-corrected chi connectivity index (χ4v) is 2.37. The van der Waals surface area contributed by atoms with Gasteiger partial charge in [-0.3, -0.25) is 14.0 Å². The minimum absolute atomic E-state index is 0.0257. The Morgan fingerprint density at radius 3 is 2.67 bits per heavy atom. The molecule has 0 radical (unpaired) electrons. The van der Waals surface area contributed by atoms with Crippen molar-refractivity contribution in [3.05, 3.63) is 75.8 Å². The molecule has 0 spiro atoms. The maximum absolute atomic E-state index is 12.7. The van der Waals surface area contributed by atoms with Crippen molar-refractivity contribution in [2.45, 2.75) is 13.5 Å². The third-order valence-electron chi connectivity index (χ3n) is 3.60. The maximum atomic E-state index is 12.7. The molecule has 2 N–H and O–H groups in total. The minimum atomic E-state index is -0.432. The van der Waals surface area contributed by atoms with Crippen LogP contribution in [-0.2, 0) is 6.61 Å². The Morgan fingerprint density at radius 2 is 1.96 bits per heavy atom. The number of hydrogen-bond acceptors (Lipinski definition) is 5. The van der Waals surface area contributed by atoms with Gasteiger partial charge in [-0.05, 0) is 24.1 Å². The standard InChI is InChI=1S/C18H17N3O3/c1-12-7-8-15-20-16(14(22)9-19)17(18(23)21(15)10-12)24-11-13-5-3-2-4-6-13/h2-8,10H,9,11,19H2,1H3. The first kappa shape index (κ1) is 15.9. The topological polar surface area (TPSA) is 86.7 Å². The molecule has 122 valence electrons. The fraction of sp³-hybridized carbons (Fsp3) is 0.167. The van der Waals surface area contributed by atoms with Crippen molar-refractivity contribution >= 4 is 11.4 Å². The van der Waals surface area contributed by atoms with Crippen LogP contribution in [0.1, 0.15) is 21.6 Å². The van der Waals surface area contributed by atoms with Crippen LogP contribution in [-0.4, -0.2) is 21.7 Å². The van der Waals surface area contributed by atoms with E-state index in [2.05, 4.69) is 4.98 Å². The van der Waals surface area contributed by atoms with Gasteiger partial charge in [-0.15, -0.1) is 0 Å². The van der Waals surface area contributed by atoms with E-state index >= 15 is 0 Å². The summed E-state index contributed by atoms with van der Waals surface area (Å²) in [6.07, 6.45) is 1.66. The Kier molecular flexibility index (Phi) is 4.39. The lowest BCUT2D eigenvalue weighted by atomic mass is 10.2. The Labute approximate surface area is 138 Å². The predicted octanol–water partition coefficient (Wildman–Crippen LogP) is 1.72. The van der Waals surface area contributed by atoms with E-state index in [9.17, 15) is 9.59 Å². The highest BCUT2D eigenvalue weighted by Gasteiger charge is 2.19.